The van der Waals surface area contributed by atoms with Crippen LogP contribution in [0.3, 0.4) is 0 Å². The molecule has 1 atom stereocenters. The maximum absolute atomic E-state index is 12.4. The van der Waals surface area contributed by atoms with E-state index in [1.807, 2.05) is 36.2 Å². The fourth-order valence-corrected chi connectivity index (χ4v) is 2.30. The van der Waals surface area contributed by atoms with Crippen molar-refractivity contribution in [3.8, 4) is 5.75 Å². The van der Waals surface area contributed by atoms with Crippen molar-refractivity contribution in [2.45, 2.75) is 19.5 Å². The number of amides is 1. The van der Waals surface area contributed by atoms with E-state index in [4.69, 9.17) is 4.74 Å². The lowest BCUT2D eigenvalue weighted by molar-refractivity contribution is -0.384. The Hall–Kier alpha value is -2.93. The molecule has 0 aliphatic heterocycles. The molecule has 132 valence electrons. The first kappa shape index (κ1) is 18.4. The number of anilines is 1. The minimum absolute atomic E-state index is 0.0583. The second-order valence-corrected chi connectivity index (χ2v) is 5.74. The van der Waals surface area contributed by atoms with E-state index in [0.717, 1.165) is 11.3 Å². The Kier molecular flexibility index (Phi) is 6.08. The molecule has 1 unspecified atom stereocenters. The van der Waals surface area contributed by atoms with E-state index in [9.17, 15) is 14.9 Å². The number of nitrogens with zero attached hydrogens (tertiary/aromatic N) is 2. The number of non-ortho nitro benzene ring substituents is 1. The van der Waals surface area contributed by atoms with Gasteiger partial charge in [-0.15, -0.1) is 0 Å². The molecule has 25 heavy (non-hydrogen) atoms. The van der Waals surface area contributed by atoms with Gasteiger partial charge in [0.25, 0.3) is 5.69 Å². The molecule has 0 saturated heterocycles. The van der Waals surface area contributed by atoms with Crippen LogP contribution in [-0.2, 0) is 11.3 Å². The zero-order valence-corrected chi connectivity index (χ0v) is 14.4. The number of carbonyl (C=O) groups is 1. The average Bonchev–Trinajstić information content (AvgIpc) is 2.61. The van der Waals surface area contributed by atoms with Gasteiger partial charge in [0.1, 0.15) is 5.75 Å². The first-order valence-electron chi connectivity index (χ1n) is 7.79. The fraction of sp³-hybridized carbons (Fsp3) is 0.278. The van der Waals surface area contributed by atoms with Crippen LogP contribution in [0.4, 0.5) is 11.4 Å². The Labute approximate surface area is 146 Å². The summed E-state index contributed by atoms with van der Waals surface area (Å²) in [6.07, 6.45) is 0. The third kappa shape index (κ3) is 5.02. The molecule has 0 saturated carbocycles. The average molecular weight is 343 g/mol. The van der Waals surface area contributed by atoms with Crippen molar-refractivity contribution in [2.75, 3.05) is 19.5 Å². The molecule has 7 nitrogen and oxygen atoms in total. The first-order chi connectivity index (χ1) is 11.9. The van der Waals surface area contributed by atoms with Crippen molar-refractivity contribution in [3.63, 3.8) is 0 Å². The molecule has 0 spiro atoms. The second-order valence-electron chi connectivity index (χ2n) is 5.74. The lowest BCUT2D eigenvalue weighted by atomic mass is 10.1. The summed E-state index contributed by atoms with van der Waals surface area (Å²) in [5.41, 5.74) is 1.40. The van der Waals surface area contributed by atoms with E-state index in [0.29, 0.717) is 12.2 Å². The predicted octanol–water partition coefficient (Wildman–Crippen LogP) is 3.06. The van der Waals surface area contributed by atoms with Gasteiger partial charge in [-0.05, 0) is 37.7 Å². The number of benzene rings is 2. The summed E-state index contributed by atoms with van der Waals surface area (Å²) in [4.78, 5) is 24.6. The minimum Gasteiger partial charge on any atom is -0.497 e. The number of hydrogen-bond donors (Lipinski definition) is 1. The molecule has 1 amide bonds. The molecule has 7 heteroatoms. The van der Waals surface area contributed by atoms with Crippen LogP contribution in [0.25, 0.3) is 0 Å². The van der Waals surface area contributed by atoms with Crippen LogP contribution < -0.4 is 10.1 Å². The molecule has 0 radical (unpaired) electrons. The van der Waals surface area contributed by atoms with Crippen LogP contribution in [0.15, 0.2) is 48.5 Å². The second kappa shape index (κ2) is 8.25. The zero-order chi connectivity index (χ0) is 18.4. The minimum atomic E-state index is -0.491. The van der Waals surface area contributed by atoms with Crippen LogP contribution in [0.5, 0.6) is 5.75 Å². The maximum atomic E-state index is 12.4. The molecular weight excluding hydrogens is 322 g/mol. The van der Waals surface area contributed by atoms with Gasteiger partial charge in [0.2, 0.25) is 5.91 Å². The van der Waals surface area contributed by atoms with Crippen LogP contribution >= 0.6 is 0 Å². The van der Waals surface area contributed by atoms with Crippen molar-refractivity contribution >= 4 is 17.3 Å². The Morgan fingerprint density at radius 3 is 2.56 bits per heavy atom. The van der Waals surface area contributed by atoms with Crippen LogP contribution in [0.2, 0.25) is 0 Å². The number of rotatable bonds is 7. The highest BCUT2D eigenvalue weighted by molar-refractivity contribution is 5.94. The number of carbonyl (C=O) groups excluding carboxylic acids is 1. The van der Waals surface area contributed by atoms with Crippen molar-refractivity contribution in [1.29, 1.82) is 0 Å². The summed E-state index contributed by atoms with van der Waals surface area (Å²) in [6.45, 7) is 2.38. The van der Waals surface area contributed by atoms with E-state index in [1.54, 1.807) is 26.2 Å². The lowest BCUT2D eigenvalue weighted by Gasteiger charge is -2.24. The van der Waals surface area contributed by atoms with E-state index < -0.39 is 11.0 Å². The monoisotopic (exact) mass is 343 g/mol. The van der Waals surface area contributed by atoms with Gasteiger partial charge >= 0.3 is 0 Å². The zero-order valence-electron chi connectivity index (χ0n) is 14.4. The number of ether oxygens (including phenoxy) is 1. The van der Waals surface area contributed by atoms with Gasteiger partial charge in [-0.2, -0.15) is 0 Å². The Morgan fingerprint density at radius 1 is 1.28 bits per heavy atom. The summed E-state index contributed by atoms with van der Waals surface area (Å²) in [6, 6.07) is 13.1. The summed E-state index contributed by atoms with van der Waals surface area (Å²) >= 11 is 0. The standard InChI is InChI=1S/C18H21N3O4/c1-13(20(2)12-14-7-9-17(25-3)10-8-14)18(22)19-15-5-4-6-16(11-15)21(23)24/h4-11,13H,12H2,1-3H3,(H,19,22). The topological polar surface area (TPSA) is 84.7 Å². The molecule has 0 aliphatic rings. The SMILES string of the molecule is COc1ccc(CN(C)C(C)C(=O)Nc2cccc([N+](=O)[O-])c2)cc1. The number of hydrogen-bond acceptors (Lipinski definition) is 5. The van der Waals surface area contributed by atoms with Gasteiger partial charge in [-0.25, -0.2) is 0 Å². The highest BCUT2D eigenvalue weighted by Gasteiger charge is 2.19. The molecule has 2 aromatic carbocycles. The number of nitro groups is 1. The van der Waals surface area contributed by atoms with Crippen molar-refractivity contribution in [2.24, 2.45) is 0 Å². The molecule has 0 aromatic heterocycles. The molecule has 0 heterocycles. The van der Waals surface area contributed by atoms with E-state index in [-0.39, 0.29) is 11.6 Å². The Balaban J connectivity index is 1.98. The molecule has 2 aromatic rings. The maximum Gasteiger partial charge on any atom is 0.271 e. The van der Waals surface area contributed by atoms with Gasteiger partial charge < -0.3 is 10.1 Å². The van der Waals surface area contributed by atoms with Gasteiger partial charge in [-0.3, -0.25) is 19.8 Å². The number of nitrogens with one attached hydrogen (secondary N) is 1. The Morgan fingerprint density at radius 2 is 1.96 bits per heavy atom. The third-order valence-electron chi connectivity index (χ3n) is 3.96. The summed E-state index contributed by atoms with van der Waals surface area (Å²) in [7, 11) is 3.46. The van der Waals surface area contributed by atoms with E-state index in [2.05, 4.69) is 5.32 Å². The van der Waals surface area contributed by atoms with Crippen LogP contribution in [-0.4, -0.2) is 35.9 Å². The fourth-order valence-electron chi connectivity index (χ4n) is 2.30. The largest absolute Gasteiger partial charge is 0.497 e. The highest BCUT2D eigenvalue weighted by atomic mass is 16.6. The number of methoxy groups -OCH3 is 1. The van der Waals surface area contributed by atoms with Gasteiger partial charge in [0.05, 0.1) is 18.1 Å². The number of likely N-dealkylation sites (N-methyl/N-ethyl adjacent to an activating group) is 1. The highest BCUT2D eigenvalue weighted by Crippen LogP contribution is 2.18. The molecule has 0 fully saturated rings. The van der Waals surface area contributed by atoms with Crippen LogP contribution in [0.1, 0.15) is 12.5 Å². The van der Waals surface area contributed by atoms with Gasteiger partial charge in [0.15, 0.2) is 0 Å². The molecule has 0 aliphatic carbocycles. The molecule has 2 rings (SSSR count). The molecule has 1 N–H and O–H groups in total. The van der Waals surface area contributed by atoms with Gasteiger partial charge in [-0.1, -0.05) is 18.2 Å². The predicted molar refractivity (Wildman–Crippen MR) is 95.6 cm³/mol. The normalized spacial score (nSPS) is 11.8. The van der Waals surface area contributed by atoms with Crippen molar-refractivity contribution < 1.29 is 14.5 Å². The molecular formula is C18H21N3O4. The van der Waals surface area contributed by atoms with Crippen molar-refractivity contribution in [1.82, 2.24) is 4.90 Å². The third-order valence-corrected chi connectivity index (χ3v) is 3.96. The van der Waals surface area contributed by atoms with Gasteiger partial charge in [0, 0.05) is 24.4 Å². The quantitative estimate of drug-likeness (QED) is 0.617. The van der Waals surface area contributed by atoms with Crippen LogP contribution in [0, 0.1) is 10.1 Å². The lowest BCUT2D eigenvalue weighted by Crippen LogP contribution is -2.39. The van der Waals surface area contributed by atoms with Crippen molar-refractivity contribution in [3.05, 3.63) is 64.2 Å². The Bertz CT molecular complexity index is 746. The molecule has 0 bridgehead atoms. The summed E-state index contributed by atoms with van der Waals surface area (Å²) in [5, 5.41) is 13.5. The summed E-state index contributed by atoms with van der Waals surface area (Å²) in [5.74, 6) is 0.555. The smallest absolute Gasteiger partial charge is 0.271 e. The number of nitro benzene ring substituents is 1. The summed E-state index contributed by atoms with van der Waals surface area (Å²) < 4.78 is 5.13. The van der Waals surface area contributed by atoms with E-state index in [1.165, 1.54) is 12.1 Å². The van der Waals surface area contributed by atoms with E-state index >= 15 is 0 Å². The first-order valence-corrected chi connectivity index (χ1v) is 7.79.